The van der Waals surface area contributed by atoms with E-state index in [1.807, 2.05) is 30.5 Å². The first-order valence-electron chi connectivity index (χ1n) is 7.07. The average molecular weight is 304 g/mol. The molecule has 3 rings (SSSR count). The number of aromatic hydroxyl groups is 1. The van der Waals surface area contributed by atoms with Gasteiger partial charge in [0.15, 0.2) is 0 Å². The Hall–Kier alpha value is -1.78. The lowest BCUT2D eigenvalue weighted by Gasteiger charge is -2.36. The molecule has 1 aromatic carbocycles. The molecule has 1 N–H and O–H groups in total. The number of phenolic OH excluding ortho intramolecular Hbond substituents is 1. The molecule has 0 bridgehead atoms. The Morgan fingerprint density at radius 3 is 2.33 bits per heavy atom. The van der Waals surface area contributed by atoms with Crippen LogP contribution in [0.5, 0.6) is 5.75 Å². The van der Waals surface area contributed by atoms with Gasteiger partial charge in [-0.25, -0.2) is 4.98 Å². The molecular weight excluding hydrogens is 286 g/mol. The second kappa shape index (κ2) is 6.33. The molecule has 0 aliphatic carbocycles. The van der Waals surface area contributed by atoms with Crippen LogP contribution in [0, 0.1) is 0 Å². The largest absolute Gasteiger partial charge is 0.508 e. The summed E-state index contributed by atoms with van der Waals surface area (Å²) in [5.74, 6) is 0.313. The fourth-order valence-electron chi connectivity index (χ4n) is 2.59. The van der Waals surface area contributed by atoms with Crippen LogP contribution in [0.25, 0.3) is 0 Å². The van der Waals surface area contributed by atoms with Crippen molar-refractivity contribution in [3.8, 4) is 5.75 Å². The van der Waals surface area contributed by atoms with Crippen LogP contribution in [0.15, 0.2) is 42.6 Å². The predicted molar refractivity (Wildman–Crippen MR) is 84.8 cm³/mol. The number of benzene rings is 1. The van der Waals surface area contributed by atoms with Gasteiger partial charge in [0, 0.05) is 44.6 Å². The number of anilines is 1. The summed E-state index contributed by atoms with van der Waals surface area (Å²) in [7, 11) is 0. The molecule has 1 fully saturated rings. The summed E-state index contributed by atoms with van der Waals surface area (Å²) in [4.78, 5) is 8.88. The Morgan fingerprint density at radius 2 is 1.71 bits per heavy atom. The highest BCUT2D eigenvalue weighted by Gasteiger charge is 2.17. The van der Waals surface area contributed by atoms with Crippen molar-refractivity contribution in [1.82, 2.24) is 9.88 Å². The van der Waals surface area contributed by atoms with E-state index in [1.165, 1.54) is 11.3 Å². The van der Waals surface area contributed by atoms with Gasteiger partial charge in [-0.2, -0.15) is 0 Å². The van der Waals surface area contributed by atoms with Crippen molar-refractivity contribution < 1.29 is 5.11 Å². The van der Waals surface area contributed by atoms with Crippen molar-refractivity contribution in [2.45, 2.75) is 6.54 Å². The first-order chi connectivity index (χ1) is 10.2. The van der Waals surface area contributed by atoms with Crippen molar-refractivity contribution in [3.05, 3.63) is 53.3 Å². The molecule has 2 heterocycles. The molecule has 1 aliphatic heterocycles. The molecule has 21 heavy (non-hydrogen) atoms. The van der Waals surface area contributed by atoms with E-state index in [4.69, 9.17) is 11.6 Å². The number of phenols is 1. The molecule has 0 saturated carbocycles. The Kier molecular flexibility index (Phi) is 4.27. The second-order valence-electron chi connectivity index (χ2n) is 5.27. The van der Waals surface area contributed by atoms with Crippen LogP contribution in [-0.4, -0.2) is 41.2 Å². The van der Waals surface area contributed by atoms with Crippen LogP contribution in [-0.2, 0) is 6.54 Å². The molecule has 5 heteroatoms. The van der Waals surface area contributed by atoms with Crippen molar-refractivity contribution in [1.29, 1.82) is 0 Å². The summed E-state index contributed by atoms with van der Waals surface area (Å²) in [6, 6.07) is 11.3. The topological polar surface area (TPSA) is 39.6 Å². The van der Waals surface area contributed by atoms with Gasteiger partial charge in [-0.3, -0.25) is 4.90 Å². The number of aromatic nitrogens is 1. The van der Waals surface area contributed by atoms with E-state index >= 15 is 0 Å². The maximum atomic E-state index is 9.34. The summed E-state index contributed by atoms with van der Waals surface area (Å²) in [6.45, 7) is 4.93. The fraction of sp³-hybridized carbons (Fsp3) is 0.312. The van der Waals surface area contributed by atoms with Gasteiger partial charge in [-0.1, -0.05) is 17.7 Å². The van der Waals surface area contributed by atoms with Crippen LogP contribution in [0.4, 0.5) is 5.69 Å². The number of hydrogen-bond donors (Lipinski definition) is 1. The number of piperazine rings is 1. The van der Waals surface area contributed by atoms with E-state index < -0.39 is 0 Å². The smallest absolute Gasteiger partial charge is 0.129 e. The molecule has 110 valence electrons. The van der Waals surface area contributed by atoms with E-state index in [-0.39, 0.29) is 0 Å². The van der Waals surface area contributed by atoms with E-state index in [2.05, 4.69) is 14.8 Å². The van der Waals surface area contributed by atoms with Crippen LogP contribution in [0.2, 0.25) is 5.15 Å². The van der Waals surface area contributed by atoms with Gasteiger partial charge >= 0.3 is 0 Å². The average Bonchev–Trinajstić information content (AvgIpc) is 2.51. The third-order valence-electron chi connectivity index (χ3n) is 3.78. The Labute approximate surface area is 129 Å². The van der Waals surface area contributed by atoms with E-state index in [9.17, 15) is 5.11 Å². The van der Waals surface area contributed by atoms with Gasteiger partial charge in [0.25, 0.3) is 0 Å². The third kappa shape index (κ3) is 3.65. The lowest BCUT2D eigenvalue weighted by atomic mass is 10.2. The summed E-state index contributed by atoms with van der Waals surface area (Å²) in [5.41, 5.74) is 2.36. The first kappa shape index (κ1) is 14.2. The normalized spacial score (nSPS) is 16.1. The van der Waals surface area contributed by atoms with Crippen molar-refractivity contribution in [2.24, 2.45) is 0 Å². The minimum Gasteiger partial charge on any atom is -0.508 e. The second-order valence-corrected chi connectivity index (χ2v) is 5.66. The number of rotatable bonds is 3. The number of hydrogen-bond acceptors (Lipinski definition) is 4. The maximum absolute atomic E-state index is 9.34. The van der Waals surface area contributed by atoms with Crippen LogP contribution in [0.1, 0.15) is 5.56 Å². The van der Waals surface area contributed by atoms with E-state index in [1.54, 1.807) is 12.1 Å². The molecule has 0 atom stereocenters. The third-order valence-corrected chi connectivity index (χ3v) is 4.01. The molecule has 0 amide bonds. The highest BCUT2D eigenvalue weighted by atomic mass is 35.5. The summed E-state index contributed by atoms with van der Waals surface area (Å²) in [5, 5.41) is 9.88. The molecule has 2 aromatic rings. The zero-order chi connectivity index (χ0) is 14.7. The molecule has 1 aromatic heterocycles. The number of halogens is 1. The molecule has 1 saturated heterocycles. The minimum atomic E-state index is 0.313. The Balaban J connectivity index is 1.55. The van der Waals surface area contributed by atoms with Crippen molar-refractivity contribution in [2.75, 3.05) is 31.1 Å². The van der Waals surface area contributed by atoms with Crippen LogP contribution in [0.3, 0.4) is 0 Å². The highest BCUT2D eigenvalue weighted by Crippen LogP contribution is 2.20. The Morgan fingerprint density at radius 1 is 1.00 bits per heavy atom. The predicted octanol–water partition coefficient (Wildman–Crippen LogP) is 2.76. The number of nitrogens with zero attached hydrogens (tertiary/aromatic N) is 3. The monoisotopic (exact) mass is 303 g/mol. The van der Waals surface area contributed by atoms with Crippen molar-refractivity contribution >= 4 is 17.3 Å². The van der Waals surface area contributed by atoms with E-state index in [0.717, 1.165) is 32.7 Å². The summed E-state index contributed by atoms with van der Waals surface area (Å²) in [6.07, 6.45) is 1.84. The fourth-order valence-corrected chi connectivity index (χ4v) is 2.70. The molecule has 0 unspecified atom stereocenters. The standard InChI is InChI=1S/C16H18ClN3O/c17-16-6-1-13(11-18-16)12-19-7-9-20(10-8-19)14-2-4-15(21)5-3-14/h1-6,11,21H,7-10,12H2. The molecular formula is C16H18ClN3O. The number of pyridine rings is 1. The van der Waals surface area contributed by atoms with Crippen molar-refractivity contribution in [3.63, 3.8) is 0 Å². The zero-order valence-corrected chi connectivity index (χ0v) is 12.5. The lowest BCUT2D eigenvalue weighted by Crippen LogP contribution is -2.45. The highest BCUT2D eigenvalue weighted by molar-refractivity contribution is 6.29. The SMILES string of the molecule is Oc1ccc(N2CCN(Cc3ccc(Cl)nc3)CC2)cc1. The zero-order valence-electron chi connectivity index (χ0n) is 11.7. The lowest BCUT2D eigenvalue weighted by molar-refractivity contribution is 0.249. The Bertz CT molecular complexity index is 577. The van der Waals surface area contributed by atoms with Crippen LogP contribution < -0.4 is 4.90 Å². The minimum absolute atomic E-state index is 0.313. The van der Waals surface area contributed by atoms with Gasteiger partial charge in [-0.05, 0) is 35.9 Å². The van der Waals surface area contributed by atoms with E-state index in [0.29, 0.717) is 10.9 Å². The first-order valence-corrected chi connectivity index (χ1v) is 7.45. The van der Waals surface area contributed by atoms with Crippen LogP contribution >= 0.6 is 11.6 Å². The summed E-state index contributed by atoms with van der Waals surface area (Å²) < 4.78 is 0. The molecule has 0 radical (unpaired) electrons. The molecule has 4 nitrogen and oxygen atoms in total. The quantitative estimate of drug-likeness (QED) is 0.885. The maximum Gasteiger partial charge on any atom is 0.129 e. The summed E-state index contributed by atoms with van der Waals surface area (Å²) >= 11 is 5.80. The molecule has 0 spiro atoms. The van der Waals surface area contributed by atoms with Gasteiger partial charge in [-0.15, -0.1) is 0 Å². The van der Waals surface area contributed by atoms with Gasteiger partial charge in [0.1, 0.15) is 10.9 Å². The molecule has 1 aliphatic rings. The van der Waals surface area contributed by atoms with Gasteiger partial charge in [0.05, 0.1) is 0 Å². The van der Waals surface area contributed by atoms with Gasteiger partial charge in [0.2, 0.25) is 0 Å². The van der Waals surface area contributed by atoms with Gasteiger partial charge < -0.3 is 10.0 Å².